The van der Waals surface area contributed by atoms with Gasteiger partial charge in [-0.15, -0.1) is 0 Å². The summed E-state index contributed by atoms with van der Waals surface area (Å²) in [5.41, 5.74) is 0.232. The normalized spacial score (nSPS) is 21.7. The summed E-state index contributed by atoms with van der Waals surface area (Å²) >= 11 is 0. The summed E-state index contributed by atoms with van der Waals surface area (Å²) in [4.78, 5) is 26.0. The van der Waals surface area contributed by atoms with Crippen LogP contribution in [-0.2, 0) is 11.3 Å². The van der Waals surface area contributed by atoms with Crippen molar-refractivity contribution in [3.05, 3.63) is 35.9 Å². The van der Waals surface area contributed by atoms with E-state index in [1.54, 1.807) is 0 Å². The van der Waals surface area contributed by atoms with Crippen LogP contribution in [0.3, 0.4) is 0 Å². The minimum Gasteiger partial charge on any atom is -0.323 e. The van der Waals surface area contributed by atoms with Gasteiger partial charge in [0.05, 0.1) is 6.54 Å². The lowest BCUT2D eigenvalue weighted by atomic mass is 9.94. The number of benzene rings is 1. The first-order chi connectivity index (χ1) is 10.1. The van der Waals surface area contributed by atoms with E-state index in [4.69, 9.17) is 0 Å². The molecule has 0 radical (unpaired) electrons. The zero-order valence-corrected chi connectivity index (χ0v) is 12.9. The fraction of sp³-hybridized carbons (Fsp3) is 0.529. The van der Waals surface area contributed by atoms with Gasteiger partial charge in [0.15, 0.2) is 0 Å². The Balaban J connectivity index is 1.98. The Kier molecular flexibility index (Phi) is 4.99. The lowest BCUT2D eigenvalue weighted by Gasteiger charge is -2.21. The Morgan fingerprint density at radius 2 is 1.81 bits per heavy atom. The molecule has 1 heterocycles. The van der Waals surface area contributed by atoms with E-state index in [-0.39, 0.29) is 11.9 Å². The van der Waals surface area contributed by atoms with Gasteiger partial charge < -0.3 is 5.32 Å². The van der Waals surface area contributed by atoms with E-state index in [0.717, 1.165) is 24.8 Å². The molecule has 21 heavy (non-hydrogen) atoms. The van der Waals surface area contributed by atoms with Gasteiger partial charge in [-0.1, -0.05) is 62.9 Å². The number of amides is 3. The predicted octanol–water partition coefficient (Wildman–Crippen LogP) is 3.47. The van der Waals surface area contributed by atoms with Crippen molar-refractivity contribution in [3.8, 4) is 0 Å². The summed E-state index contributed by atoms with van der Waals surface area (Å²) in [6, 6.07) is 9.33. The zero-order chi connectivity index (χ0) is 15.3. The minimum atomic E-state index is -0.737. The summed E-state index contributed by atoms with van der Waals surface area (Å²) < 4.78 is 0. The molecule has 0 bridgehead atoms. The summed E-state index contributed by atoms with van der Waals surface area (Å²) in [5, 5.41) is 2.86. The molecule has 0 aromatic heterocycles. The van der Waals surface area contributed by atoms with E-state index < -0.39 is 5.54 Å². The monoisotopic (exact) mass is 288 g/mol. The molecule has 1 aromatic rings. The molecule has 3 amide bonds. The van der Waals surface area contributed by atoms with Crippen LogP contribution >= 0.6 is 0 Å². The molecular formula is C17H24N2O2. The van der Waals surface area contributed by atoms with Crippen LogP contribution < -0.4 is 5.32 Å². The number of nitrogens with zero attached hydrogens (tertiary/aromatic N) is 1. The number of unbranched alkanes of at least 4 members (excludes halogenated alkanes) is 3. The fourth-order valence-corrected chi connectivity index (χ4v) is 2.73. The van der Waals surface area contributed by atoms with Gasteiger partial charge in [-0.25, -0.2) is 4.79 Å². The average Bonchev–Trinajstić information content (AvgIpc) is 2.69. The zero-order valence-electron chi connectivity index (χ0n) is 12.9. The lowest BCUT2D eigenvalue weighted by Crippen LogP contribution is -2.43. The van der Waals surface area contributed by atoms with Crippen LogP contribution in [0.5, 0.6) is 0 Å². The Labute approximate surface area is 126 Å². The van der Waals surface area contributed by atoms with Gasteiger partial charge in [-0.05, 0) is 18.9 Å². The fourth-order valence-electron chi connectivity index (χ4n) is 2.73. The van der Waals surface area contributed by atoms with Crippen LogP contribution in [0.4, 0.5) is 4.79 Å². The number of nitrogens with one attached hydrogen (secondary N) is 1. The van der Waals surface area contributed by atoms with Crippen LogP contribution in [0, 0.1) is 0 Å². The van der Waals surface area contributed by atoms with E-state index >= 15 is 0 Å². The molecule has 1 unspecified atom stereocenters. The second kappa shape index (κ2) is 6.74. The number of rotatable bonds is 7. The van der Waals surface area contributed by atoms with Gasteiger partial charge in [0.2, 0.25) is 0 Å². The standard InChI is InChI=1S/C17H24N2O2/c1-3-4-5-9-12-17(2)15(20)19(16(21)18-17)13-14-10-7-6-8-11-14/h6-8,10-11H,3-5,9,12-13H2,1-2H3,(H,18,21). The van der Waals surface area contributed by atoms with Crippen LogP contribution in [0.25, 0.3) is 0 Å². The quantitative estimate of drug-likeness (QED) is 0.617. The number of urea groups is 1. The van der Waals surface area contributed by atoms with E-state index in [1.807, 2.05) is 37.3 Å². The SMILES string of the molecule is CCCCCCC1(C)NC(=O)N(Cc2ccccc2)C1=O. The molecule has 1 aliphatic heterocycles. The molecule has 0 saturated carbocycles. The molecule has 2 rings (SSSR count). The maximum atomic E-state index is 12.5. The smallest absolute Gasteiger partial charge is 0.323 e. The highest BCUT2D eigenvalue weighted by Crippen LogP contribution is 2.25. The Bertz CT molecular complexity index is 501. The maximum absolute atomic E-state index is 12.5. The van der Waals surface area contributed by atoms with Crippen LogP contribution in [-0.4, -0.2) is 22.4 Å². The van der Waals surface area contributed by atoms with Crippen molar-refractivity contribution in [3.63, 3.8) is 0 Å². The Morgan fingerprint density at radius 1 is 1.10 bits per heavy atom. The third kappa shape index (κ3) is 3.63. The lowest BCUT2D eigenvalue weighted by molar-refractivity contribution is -0.131. The van der Waals surface area contributed by atoms with Gasteiger partial charge in [0, 0.05) is 0 Å². The largest absolute Gasteiger partial charge is 0.325 e. The third-order valence-corrected chi connectivity index (χ3v) is 4.06. The minimum absolute atomic E-state index is 0.104. The van der Waals surface area contributed by atoms with Gasteiger partial charge >= 0.3 is 6.03 Å². The van der Waals surface area contributed by atoms with Crippen LogP contribution in [0.1, 0.15) is 51.5 Å². The van der Waals surface area contributed by atoms with Crippen molar-refractivity contribution in [2.24, 2.45) is 0 Å². The van der Waals surface area contributed by atoms with Crippen molar-refractivity contribution >= 4 is 11.9 Å². The molecule has 1 N–H and O–H groups in total. The van der Waals surface area contributed by atoms with Crippen LogP contribution in [0.2, 0.25) is 0 Å². The van der Waals surface area contributed by atoms with E-state index in [1.165, 1.54) is 11.3 Å². The molecule has 1 saturated heterocycles. The summed E-state index contributed by atoms with van der Waals surface area (Å²) in [6.07, 6.45) is 5.12. The van der Waals surface area contributed by atoms with E-state index in [0.29, 0.717) is 13.0 Å². The van der Waals surface area contributed by atoms with Crippen LogP contribution in [0.15, 0.2) is 30.3 Å². The second-order valence-electron chi connectivity index (χ2n) is 5.95. The number of carbonyl (C=O) groups is 2. The molecular weight excluding hydrogens is 264 g/mol. The molecule has 0 spiro atoms. The molecule has 4 nitrogen and oxygen atoms in total. The highest BCUT2D eigenvalue weighted by Gasteiger charge is 2.46. The van der Waals surface area contributed by atoms with Crippen molar-refractivity contribution in [2.45, 2.75) is 58.0 Å². The van der Waals surface area contributed by atoms with Crippen molar-refractivity contribution in [1.29, 1.82) is 0 Å². The van der Waals surface area contributed by atoms with E-state index in [2.05, 4.69) is 12.2 Å². The van der Waals surface area contributed by atoms with Gasteiger partial charge in [0.1, 0.15) is 5.54 Å². The first-order valence-electron chi connectivity index (χ1n) is 7.75. The number of carbonyl (C=O) groups excluding carboxylic acids is 2. The highest BCUT2D eigenvalue weighted by molar-refractivity contribution is 6.06. The van der Waals surface area contributed by atoms with Crippen molar-refractivity contribution in [1.82, 2.24) is 10.2 Å². The second-order valence-corrected chi connectivity index (χ2v) is 5.95. The predicted molar refractivity (Wildman–Crippen MR) is 82.7 cm³/mol. The Hall–Kier alpha value is -1.84. The van der Waals surface area contributed by atoms with Gasteiger partial charge in [0.25, 0.3) is 5.91 Å². The first kappa shape index (κ1) is 15.5. The number of hydrogen-bond acceptors (Lipinski definition) is 2. The van der Waals surface area contributed by atoms with Crippen molar-refractivity contribution < 1.29 is 9.59 Å². The third-order valence-electron chi connectivity index (χ3n) is 4.06. The Morgan fingerprint density at radius 3 is 2.48 bits per heavy atom. The molecule has 1 aliphatic rings. The molecule has 4 heteroatoms. The molecule has 1 fully saturated rings. The van der Waals surface area contributed by atoms with Gasteiger partial charge in [-0.2, -0.15) is 0 Å². The molecule has 1 aromatic carbocycles. The number of hydrogen-bond donors (Lipinski definition) is 1. The summed E-state index contributed by atoms with van der Waals surface area (Å²) in [5.74, 6) is -0.104. The molecule has 114 valence electrons. The molecule has 0 aliphatic carbocycles. The highest BCUT2D eigenvalue weighted by atomic mass is 16.2. The topological polar surface area (TPSA) is 49.4 Å². The average molecular weight is 288 g/mol. The summed E-state index contributed by atoms with van der Waals surface area (Å²) in [6.45, 7) is 4.34. The summed E-state index contributed by atoms with van der Waals surface area (Å²) in [7, 11) is 0. The van der Waals surface area contributed by atoms with E-state index in [9.17, 15) is 9.59 Å². The maximum Gasteiger partial charge on any atom is 0.325 e. The van der Waals surface area contributed by atoms with Gasteiger partial charge in [-0.3, -0.25) is 9.69 Å². The molecule has 1 atom stereocenters. The number of imide groups is 1. The first-order valence-corrected chi connectivity index (χ1v) is 7.75. The van der Waals surface area contributed by atoms with Crippen molar-refractivity contribution in [2.75, 3.05) is 0 Å².